The van der Waals surface area contributed by atoms with Gasteiger partial charge in [0.2, 0.25) is 5.43 Å². The third-order valence-electron chi connectivity index (χ3n) is 6.41. The summed E-state index contributed by atoms with van der Waals surface area (Å²) in [6, 6.07) is 1.32. The maximum absolute atomic E-state index is 12.2. The van der Waals surface area contributed by atoms with Crippen LogP contribution in [0.4, 0.5) is 0 Å². The Labute approximate surface area is 184 Å². The molecular formula is C24H36O7. The molecule has 2 rings (SSSR count). The third-order valence-corrected chi connectivity index (χ3v) is 6.41. The molecule has 2 unspecified atom stereocenters. The Bertz CT molecular complexity index is 837. The van der Waals surface area contributed by atoms with E-state index in [2.05, 4.69) is 34.6 Å². The number of carbonyl (C=O) groups is 1. The minimum absolute atomic E-state index is 0.0642. The van der Waals surface area contributed by atoms with E-state index in [-0.39, 0.29) is 41.5 Å². The van der Waals surface area contributed by atoms with Gasteiger partial charge >= 0.3 is 0 Å². The molecule has 0 radical (unpaired) electrons. The zero-order valence-electron chi connectivity index (χ0n) is 19.3. The molecule has 7 nitrogen and oxygen atoms in total. The van der Waals surface area contributed by atoms with Gasteiger partial charge in [0, 0.05) is 31.6 Å². The van der Waals surface area contributed by atoms with Crippen LogP contribution in [0.15, 0.2) is 33.9 Å². The molecule has 0 fully saturated rings. The van der Waals surface area contributed by atoms with Crippen molar-refractivity contribution in [1.29, 1.82) is 0 Å². The molecule has 0 amide bonds. The fraction of sp³-hybridized carbons (Fsp3) is 0.667. The molecule has 0 aromatic carbocycles. The predicted molar refractivity (Wildman–Crippen MR) is 117 cm³/mol. The van der Waals surface area contributed by atoms with Crippen LogP contribution in [-0.2, 0) is 20.7 Å². The Hall–Kier alpha value is -2.12. The van der Waals surface area contributed by atoms with Crippen molar-refractivity contribution in [3.05, 3.63) is 40.7 Å². The molecule has 174 valence electrons. The molecule has 7 heteroatoms. The second-order valence-corrected chi connectivity index (χ2v) is 9.93. The van der Waals surface area contributed by atoms with Crippen LogP contribution in [0.5, 0.6) is 5.75 Å². The summed E-state index contributed by atoms with van der Waals surface area (Å²) in [5, 5.41) is 20.1. The molecule has 2 atom stereocenters. The first-order valence-electron chi connectivity index (χ1n) is 10.9. The zero-order valence-corrected chi connectivity index (χ0v) is 19.3. The second-order valence-electron chi connectivity index (χ2n) is 9.93. The van der Waals surface area contributed by atoms with Gasteiger partial charge in [-0.05, 0) is 30.1 Å². The van der Waals surface area contributed by atoms with Gasteiger partial charge in [0.25, 0.3) is 0 Å². The summed E-state index contributed by atoms with van der Waals surface area (Å²) in [7, 11) is 0. The lowest BCUT2D eigenvalue weighted by atomic mass is 9.77. The molecule has 0 saturated carbocycles. The Kier molecular flexibility index (Phi) is 8.11. The van der Waals surface area contributed by atoms with Crippen LogP contribution < -0.4 is 5.43 Å². The Morgan fingerprint density at radius 1 is 1.23 bits per heavy atom. The number of ketones is 1. The summed E-state index contributed by atoms with van der Waals surface area (Å²) in [6.45, 7) is 10.9. The smallest absolute Gasteiger partial charge is 0.226 e. The number of aliphatic hydroxyl groups is 1. The van der Waals surface area contributed by atoms with E-state index in [9.17, 15) is 19.8 Å². The van der Waals surface area contributed by atoms with E-state index in [1.807, 2.05) is 0 Å². The minimum atomic E-state index is -1.57. The van der Waals surface area contributed by atoms with Gasteiger partial charge in [-0.1, -0.05) is 34.6 Å². The second kappa shape index (κ2) is 10.0. The fourth-order valence-corrected chi connectivity index (χ4v) is 3.42. The fourth-order valence-electron chi connectivity index (χ4n) is 3.42. The van der Waals surface area contributed by atoms with Crippen molar-refractivity contribution >= 4 is 5.78 Å². The largest absolute Gasteiger partial charge is 0.502 e. The Balaban J connectivity index is 1.95. The van der Waals surface area contributed by atoms with Crippen molar-refractivity contribution < 1.29 is 28.9 Å². The molecule has 1 aliphatic rings. The van der Waals surface area contributed by atoms with E-state index < -0.39 is 11.0 Å². The van der Waals surface area contributed by atoms with Crippen molar-refractivity contribution in [3.8, 4) is 5.75 Å². The summed E-state index contributed by atoms with van der Waals surface area (Å²) < 4.78 is 16.7. The van der Waals surface area contributed by atoms with Gasteiger partial charge < -0.3 is 24.1 Å². The molecule has 2 heterocycles. The average Bonchev–Trinajstić information content (AvgIpc) is 2.70. The molecule has 1 aromatic heterocycles. The normalized spacial score (nSPS) is 20.5. The van der Waals surface area contributed by atoms with Crippen LogP contribution in [0.3, 0.4) is 0 Å². The van der Waals surface area contributed by atoms with Gasteiger partial charge in [0.15, 0.2) is 17.1 Å². The number of carbonyl (C=O) groups excluding carboxylic acids is 1. The maximum atomic E-state index is 12.2. The highest BCUT2D eigenvalue weighted by Gasteiger charge is 2.43. The topological polar surface area (TPSA) is 106 Å². The quantitative estimate of drug-likeness (QED) is 0.544. The van der Waals surface area contributed by atoms with Crippen molar-refractivity contribution in [2.45, 2.75) is 78.4 Å². The van der Waals surface area contributed by atoms with Crippen molar-refractivity contribution in [3.63, 3.8) is 0 Å². The van der Waals surface area contributed by atoms with Crippen LogP contribution in [0.2, 0.25) is 0 Å². The molecule has 31 heavy (non-hydrogen) atoms. The third kappa shape index (κ3) is 6.94. The first-order valence-corrected chi connectivity index (χ1v) is 10.9. The van der Waals surface area contributed by atoms with Gasteiger partial charge in [0.1, 0.15) is 18.6 Å². The van der Waals surface area contributed by atoms with E-state index in [1.165, 1.54) is 18.4 Å². The van der Waals surface area contributed by atoms with E-state index in [0.29, 0.717) is 18.8 Å². The van der Waals surface area contributed by atoms with E-state index in [0.717, 1.165) is 25.5 Å². The first kappa shape index (κ1) is 25.1. The highest BCUT2D eigenvalue weighted by atomic mass is 16.5. The number of hydrogen-bond acceptors (Lipinski definition) is 7. The minimum Gasteiger partial charge on any atom is -0.502 e. The molecule has 1 aliphatic heterocycles. The van der Waals surface area contributed by atoms with Gasteiger partial charge in [-0.2, -0.15) is 0 Å². The molecule has 0 bridgehead atoms. The summed E-state index contributed by atoms with van der Waals surface area (Å²) in [5.74, 6) is -0.206. The molecular weight excluding hydrogens is 400 g/mol. The van der Waals surface area contributed by atoms with E-state index in [4.69, 9.17) is 13.9 Å². The Morgan fingerprint density at radius 3 is 2.55 bits per heavy atom. The van der Waals surface area contributed by atoms with Gasteiger partial charge in [-0.25, -0.2) is 0 Å². The standard InChI is InChI=1S/C24H36O7/c1-6-23(4,5)21(14-24(28)16-29-11-8-20(24)27)30-12-10-22(2,3)9-7-17-13-18(25)19(26)15-31-17/h8,11,13,15,21,26,28H,6-7,9-10,12,14,16H2,1-5H3. The number of hydrogen-bond donors (Lipinski definition) is 2. The van der Waals surface area contributed by atoms with Crippen molar-refractivity contribution in [1.82, 2.24) is 0 Å². The number of aromatic hydroxyl groups is 1. The van der Waals surface area contributed by atoms with Gasteiger partial charge in [0.05, 0.1) is 12.4 Å². The van der Waals surface area contributed by atoms with Crippen LogP contribution in [-0.4, -0.2) is 40.9 Å². The number of rotatable bonds is 11. The van der Waals surface area contributed by atoms with Crippen molar-refractivity contribution in [2.24, 2.45) is 10.8 Å². The summed E-state index contributed by atoms with van der Waals surface area (Å²) in [6.07, 6.45) is 6.46. The average molecular weight is 437 g/mol. The van der Waals surface area contributed by atoms with E-state index >= 15 is 0 Å². The molecule has 0 spiro atoms. The summed E-state index contributed by atoms with van der Waals surface area (Å²) >= 11 is 0. The lowest BCUT2D eigenvalue weighted by Gasteiger charge is -2.39. The van der Waals surface area contributed by atoms with Crippen LogP contribution in [0, 0.1) is 10.8 Å². The SMILES string of the molecule is CCC(C)(C)C(CC1(O)COC=CC1=O)OCCC(C)(C)CCc1cc(=O)c(O)co1. The van der Waals surface area contributed by atoms with Crippen molar-refractivity contribution in [2.75, 3.05) is 13.2 Å². The first-order chi connectivity index (χ1) is 14.4. The monoisotopic (exact) mass is 436 g/mol. The van der Waals surface area contributed by atoms with Crippen LogP contribution >= 0.6 is 0 Å². The number of ether oxygens (including phenoxy) is 2. The molecule has 1 aromatic rings. The lowest BCUT2D eigenvalue weighted by molar-refractivity contribution is -0.150. The van der Waals surface area contributed by atoms with Crippen LogP contribution in [0.25, 0.3) is 0 Å². The molecule has 0 saturated heterocycles. The predicted octanol–water partition coefficient (Wildman–Crippen LogP) is 3.75. The van der Waals surface area contributed by atoms with Crippen LogP contribution in [0.1, 0.15) is 66.1 Å². The Morgan fingerprint density at radius 2 is 1.94 bits per heavy atom. The van der Waals surface area contributed by atoms with Gasteiger partial charge in [-0.3, -0.25) is 9.59 Å². The zero-order chi connectivity index (χ0) is 23.3. The van der Waals surface area contributed by atoms with E-state index in [1.54, 1.807) is 0 Å². The lowest BCUT2D eigenvalue weighted by Crippen LogP contribution is -2.50. The highest BCUT2D eigenvalue weighted by Crippen LogP contribution is 2.35. The number of aryl methyl sites for hydroxylation is 1. The highest BCUT2D eigenvalue weighted by molar-refractivity contribution is 5.97. The maximum Gasteiger partial charge on any atom is 0.226 e. The molecule has 2 N–H and O–H groups in total. The summed E-state index contributed by atoms with van der Waals surface area (Å²) in [5.41, 5.74) is -2.32. The van der Waals surface area contributed by atoms with Gasteiger partial charge in [-0.15, -0.1) is 0 Å². The summed E-state index contributed by atoms with van der Waals surface area (Å²) in [4.78, 5) is 23.8. The molecule has 0 aliphatic carbocycles.